The summed E-state index contributed by atoms with van der Waals surface area (Å²) in [5, 5.41) is 24.0. The average Bonchev–Trinajstić information content (AvgIpc) is 3.14. The summed E-state index contributed by atoms with van der Waals surface area (Å²) in [6.07, 6.45) is 0.701. The number of carbonyl (C=O) groups is 2. The van der Waals surface area contributed by atoms with Crippen molar-refractivity contribution in [3.8, 4) is 6.07 Å². The summed E-state index contributed by atoms with van der Waals surface area (Å²) in [6.45, 7) is 1.70. The zero-order valence-electron chi connectivity index (χ0n) is 16.7. The molecule has 2 aliphatic heterocycles. The molecule has 2 aromatic rings. The molecule has 0 aromatic heterocycles. The number of rotatable bonds is 4. The Bertz CT molecular complexity index is 1130. The first kappa shape index (κ1) is 21.2. The Balaban J connectivity index is 1.81. The lowest BCUT2D eigenvalue weighted by molar-refractivity contribution is -0.127. The summed E-state index contributed by atoms with van der Waals surface area (Å²) >= 11 is 12.3. The highest BCUT2D eigenvalue weighted by Crippen LogP contribution is 2.48. The van der Waals surface area contributed by atoms with Crippen LogP contribution in [0.2, 0.25) is 10.0 Å². The number of nitrogens with one attached hydrogen (secondary N) is 1. The van der Waals surface area contributed by atoms with Crippen LogP contribution < -0.4 is 5.32 Å². The molecule has 31 heavy (non-hydrogen) atoms. The first-order valence-corrected chi connectivity index (χ1v) is 10.5. The Morgan fingerprint density at radius 3 is 2.48 bits per heavy atom. The second-order valence-electron chi connectivity index (χ2n) is 7.92. The topological polar surface area (TPSA) is 93.4 Å². The number of benzene rings is 2. The molecule has 2 aliphatic rings. The van der Waals surface area contributed by atoms with E-state index in [0.29, 0.717) is 34.0 Å². The number of nitriles is 1. The van der Waals surface area contributed by atoms with Crippen molar-refractivity contribution in [3.05, 3.63) is 75.0 Å². The van der Waals surface area contributed by atoms with Gasteiger partial charge in [-0.15, -0.1) is 0 Å². The highest BCUT2D eigenvalue weighted by molar-refractivity contribution is 6.35. The van der Waals surface area contributed by atoms with Gasteiger partial charge in [0.15, 0.2) is 0 Å². The van der Waals surface area contributed by atoms with Gasteiger partial charge in [0, 0.05) is 42.4 Å². The van der Waals surface area contributed by atoms with Crippen LogP contribution in [-0.4, -0.2) is 39.9 Å². The fourth-order valence-electron chi connectivity index (χ4n) is 4.58. The first-order valence-electron chi connectivity index (χ1n) is 9.72. The van der Waals surface area contributed by atoms with E-state index in [1.54, 1.807) is 35.2 Å². The smallest absolute Gasteiger partial charge is 0.258 e. The monoisotopic (exact) mass is 455 g/mol. The standard InChI is InChI=1S/C23H19Cl2N3O3/c1-13(29)27-19-10-23(9-14-2-4-15(11-26)5-3-14)21(30)20(22(31)28(23)12-19)16-6-17(24)8-18(25)7-16/h2-8,19,30H,9-10,12H2,1H3,(H,27,29). The maximum atomic E-state index is 13.4. The van der Waals surface area contributed by atoms with Gasteiger partial charge in [-0.25, -0.2) is 0 Å². The lowest BCUT2D eigenvalue weighted by atomic mass is 9.85. The van der Waals surface area contributed by atoms with E-state index in [0.717, 1.165) is 5.56 Å². The minimum Gasteiger partial charge on any atom is -0.509 e. The summed E-state index contributed by atoms with van der Waals surface area (Å²) in [5.74, 6) is -0.595. The Labute approximate surface area is 189 Å². The molecule has 6 nitrogen and oxygen atoms in total. The zero-order valence-corrected chi connectivity index (χ0v) is 18.2. The van der Waals surface area contributed by atoms with Crippen LogP contribution in [0.25, 0.3) is 5.57 Å². The molecular formula is C23H19Cl2N3O3. The fraction of sp³-hybridized carbons (Fsp3) is 0.261. The molecule has 0 radical (unpaired) electrons. The second kappa shape index (κ2) is 7.92. The quantitative estimate of drug-likeness (QED) is 0.731. The van der Waals surface area contributed by atoms with Crippen molar-refractivity contribution >= 4 is 40.6 Å². The zero-order chi connectivity index (χ0) is 22.3. The van der Waals surface area contributed by atoms with Gasteiger partial charge in [-0.1, -0.05) is 35.3 Å². The summed E-state index contributed by atoms with van der Waals surface area (Å²) in [7, 11) is 0. The van der Waals surface area contributed by atoms with Gasteiger partial charge in [0.25, 0.3) is 5.91 Å². The molecule has 0 saturated carbocycles. The lowest BCUT2D eigenvalue weighted by Gasteiger charge is -2.32. The van der Waals surface area contributed by atoms with E-state index in [1.165, 1.54) is 6.92 Å². The minimum atomic E-state index is -1.01. The third kappa shape index (κ3) is 3.76. The normalized spacial score (nSPS) is 22.5. The summed E-state index contributed by atoms with van der Waals surface area (Å²) in [5.41, 5.74) is 0.987. The van der Waals surface area contributed by atoms with Crippen molar-refractivity contribution < 1.29 is 14.7 Å². The molecule has 2 atom stereocenters. The molecule has 1 fully saturated rings. The van der Waals surface area contributed by atoms with E-state index in [4.69, 9.17) is 28.5 Å². The summed E-state index contributed by atoms with van der Waals surface area (Å²) < 4.78 is 0. The van der Waals surface area contributed by atoms with E-state index < -0.39 is 5.54 Å². The van der Waals surface area contributed by atoms with Crippen molar-refractivity contribution in [2.75, 3.05) is 6.54 Å². The minimum absolute atomic E-state index is 0.0620. The maximum absolute atomic E-state index is 13.4. The molecule has 2 aromatic carbocycles. The second-order valence-corrected chi connectivity index (χ2v) is 8.79. The van der Waals surface area contributed by atoms with Gasteiger partial charge in [0.05, 0.1) is 17.2 Å². The highest BCUT2D eigenvalue weighted by Gasteiger charge is 2.57. The van der Waals surface area contributed by atoms with Crippen LogP contribution in [0, 0.1) is 11.3 Å². The molecule has 2 N–H and O–H groups in total. The van der Waals surface area contributed by atoms with Crippen LogP contribution in [-0.2, 0) is 16.0 Å². The Morgan fingerprint density at radius 1 is 1.26 bits per heavy atom. The number of hydrogen-bond donors (Lipinski definition) is 2. The van der Waals surface area contributed by atoms with Crippen LogP contribution >= 0.6 is 23.2 Å². The predicted molar refractivity (Wildman–Crippen MR) is 118 cm³/mol. The maximum Gasteiger partial charge on any atom is 0.258 e. The Morgan fingerprint density at radius 2 is 1.90 bits per heavy atom. The fourth-order valence-corrected chi connectivity index (χ4v) is 5.10. The number of amides is 2. The highest BCUT2D eigenvalue weighted by atomic mass is 35.5. The van der Waals surface area contributed by atoms with Gasteiger partial charge < -0.3 is 15.3 Å². The van der Waals surface area contributed by atoms with Crippen molar-refractivity contribution in [1.82, 2.24) is 10.2 Å². The van der Waals surface area contributed by atoms with E-state index in [9.17, 15) is 14.7 Å². The van der Waals surface area contributed by atoms with Crippen LogP contribution in [0.3, 0.4) is 0 Å². The van der Waals surface area contributed by atoms with Crippen LogP contribution in [0.4, 0.5) is 0 Å². The number of nitrogens with zero attached hydrogens (tertiary/aromatic N) is 2. The largest absolute Gasteiger partial charge is 0.509 e. The number of carbonyl (C=O) groups excluding carboxylic acids is 2. The van der Waals surface area contributed by atoms with Crippen molar-refractivity contribution in [1.29, 1.82) is 5.26 Å². The first-order chi connectivity index (χ1) is 14.7. The summed E-state index contributed by atoms with van der Waals surface area (Å²) in [6, 6.07) is 13.6. The van der Waals surface area contributed by atoms with Crippen LogP contribution in [0.1, 0.15) is 30.0 Å². The van der Waals surface area contributed by atoms with Gasteiger partial charge in [0.1, 0.15) is 11.3 Å². The number of aliphatic hydroxyl groups is 1. The SMILES string of the molecule is CC(=O)NC1CN2C(=O)C(c3cc(Cl)cc(Cl)c3)=C(O)C2(Cc2ccc(C#N)cc2)C1. The number of aliphatic hydroxyl groups excluding tert-OH is 1. The molecule has 0 bridgehead atoms. The number of hydrogen-bond acceptors (Lipinski definition) is 4. The molecule has 2 heterocycles. The van der Waals surface area contributed by atoms with E-state index in [2.05, 4.69) is 11.4 Å². The van der Waals surface area contributed by atoms with Crippen molar-refractivity contribution in [2.24, 2.45) is 0 Å². The van der Waals surface area contributed by atoms with E-state index >= 15 is 0 Å². The molecule has 2 unspecified atom stereocenters. The average molecular weight is 456 g/mol. The molecular weight excluding hydrogens is 437 g/mol. The molecule has 8 heteroatoms. The molecule has 4 rings (SSSR count). The number of halogens is 2. The molecule has 2 amide bonds. The third-order valence-electron chi connectivity index (χ3n) is 5.78. The molecule has 0 aliphatic carbocycles. The molecule has 1 saturated heterocycles. The lowest BCUT2D eigenvalue weighted by Crippen LogP contribution is -2.45. The van der Waals surface area contributed by atoms with Crippen LogP contribution in [0.5, 0.6) is 0 Å². The molecule has 158 valence electrons. The van der Waals surface area contributed by atoms with Gasteiger partial charge in [0.2, 0.25) is 5.91 Å². The predicted octanol–water partition coefficient (Wildman–Crippen LogP) is 3.87. The summed E-state index contributed by atoms with van der Waals surface area (Å²) in [4.78, 5) is 26.7. The van der Waals surface area contributed by atoms with Gasteiger partial charge in [-0.3, -0.25) is 9.59 Å². The Hall–Kier alpha value is -3.01. The van der Waals surface area contributed by atoms with Gasteiger partial charge in [-0.05, 0) is 41.5 Å². The van der Waals surface area contributed by atoms with E-state index in [1.807, 2.05) is 12.1 Å². The third-order valence-corrected chi connectivity index (χ3v) is 6.21. The Kier molecular flexibility index (Phi) is 5.42. The number of fused-ring (bicyclic) bond motifs is 1. The van der Waals surface area contributed by atoms with Crippen molar-refractivity contribution in [3.63, 3.8) is 0 Å². The van der Waals surface area contributed by atoms with Gasteiger partial charge in [-0.2, -0.15) is 5.26 Å². The van der Waals surface area contributed by atoms with E-state index in [-0.39, 0.29) is 35.7 Å². The van der Waals surface area contributed by atoms with Crippen molar-refractivity contribution in [2.45, 2.75) is 31.3 Å². The van der Waals surface area contributed by atoms with Gasteiger partial charge >= 0.3 is 0 Å². The van der Waals surface area contributed by atoms with Crippen LogP contribution in [0.15, 0.2) is 48.2 Å². The molecule has 0 spiro atoms.